The zero-order valence-corrected chi connectivity index (χ0v) is 25.1. The SMILES string of the molecule is CC1=NC([N+](=O)[O-])=C(C[N+](C)(C)C/C=C/C(=O)Cc2cc3c(Nc4ccc(OCc5ccccn5)c(F)c4)ncnc3cn2)C1. The average Bonchev–Trinajstić information content (AvgIpc) is 3.36. The molecule has 0 amide bonds. The number of ether oxygens (including phenoxy) is 1. The maximum absolute atomic E-state index is 14.8. The van der Waals surface area contributed by atoms with E-state index in [9.17, 15) is 19.3 Å². The molecule has 1 aromatic carbocycles. The van der Waals surface area contributed by atoms with Gasteiger partial charge >= 0.3 is 5.82 Å². The molecule has 0 saturated heterocycles. The van der Waals surface area contributed by atoms with Gasteiger partial charge in [0, 0.05) is 35.5 Å². The minimum Gasteiger partial charge on any atom is -0.484 e. The summed E-state index contributed by atoms with van der Waals surface area (Å²) in [5, 5.41) is 15.1. The molecule has 3 aromatic heterocycles. The number of nitro groups is 1. The van der Waals surface area contributed by atoms with E-state index >= 15 is 0 Å². The number of anilines is 2. The van der Waals surface area contributed by atoms with Crippen molar-refractivity contribution in [3.63, 3.8) is 0 Å². The van der Waals surface area contributed by atoms with Gasteiger partial charge in [0.1, 0.15) is 31.0 Å². The van der Waals surface area contributed by atoms with Crippen LogP contribution in [0.2, 0.25) is 0 Å². The fraction of sp³-hybridized carbons (Fsp3) is 0.250. The summed E-state index contributed by atoms with van der Waals surface area (Å²) in [4.78, 5) is 44.9. The first kappa shape index (κ1) is 31.0. The van der Waals surface area contributed by atoms with Crippen molar-refractivity contribution < 1.29 is 23.3 Å². The van der Waals surface area contributed by atoms with Gasteiger partial charge in [-0.1, -0.05) is 6.07 Å². The number of likely N-dealkylation sites (N-methyl/N-ethyl adjacent to an activating group) is 1. The number of carbonyl (C=O) groups is 1. The number of quaternary nitrogens is 1. The van der Waals surface area contributed by atoms with Crippen LogP contribution in [0.5, 0.6) is 5.75 Å². The maximum atomic E-state index is 14.8. The molecule has 0 unspecified atom stereocenters. The Morgan fingerprint density at radius 3 is 2.73 bits per heavy atom. The number of aromatic nitrogens is 4. The number of hydrogen-bond donors (Lipinski definition) is 1. The molecule has 12 nitrogen and oxygen atoms in total. The Morgan fingerprint density at radius 1 is 1.13 bits per heavy atom. The van der Waals surface area contributed by atoms with E-state index in [0.717, 1.165) is 5.71 Å². The molecule has 4 aromatic rings. The molecule has 230 valence electrons. The molecular weight excluding hydrogens is 579 g/mol. The molecule has 0 bridgehead atoms. The summed E-state index contributed by atoms with van der Waals surface area (Å²) in [5.41, 5.74) is 3.62. The third-order valence-corrected chi connectivity index (χ3v) is 7.01. The topological polar surface area (TPSA) is 145 Å². The van der Waals surface area contributed by atoms with Crippen molar-refractivity contribution in [3.8, 4) is 5.75 Å². The molecule has 45 heavy (non-hydrogen) atoms. The van der Waals surface area contributed by atoms with Crippen LogP contribution in [0.4, 0.5) is 15.9 Å². The summed E-state index contributed by atoms with van der Waals surface area (Å²) in [6.45, 7) is 2.86. The van der Waals surface area contributed by atoms with E-state index in [1.54, 1.807) is 49.7 Å². The van der Waals surface area contributed by atoms with E-state index in [1.807, 2.05) is 20.2 Å². The first-order valence-electron chi connectivity index (χ1n) is 14.2. The lowest BCUT2D eigenvalue weighted by atomic mass is 10.1. The number of nitrogens with one attached hydrogen (secondary N) is 1. The van der Waals surface area contributed by atoms with Crippen molar-refractivity contribution in [2.75, 3.05) is 32.5 Å². The Bertz CT molecular complexity index is 1840. The van der Waals surface area contributed by atoms with Gasteiger partial charge in [0.2, 0.25) is 0 Å². The number of hydrogen-bond acceptors (Lipinski definition) is 10. The second-order valence-electron chi connectivity index (χ2n) is 11.3. The van der Waals surface area contributed by atoms with Gasteiger partial charge in [0.15, 0.2) is 17.3 Å². The molecule has 4 heterocycles. The molecule has 13 heteroatoms. The molecule has 0 radical (unpaired) electrons. The number of ketones is 1. The van der Waals surface area contributed by atoms with Gasteiger partial charge in [0.25, 0.3) is 0 Å². The lowest BCUT2D eigenvalue weighted by molar-refractivity contribution is -0.880. The van der Waals surface area contributed by atoms with E-state index in [0.29, 0.717) is 63.4 Å². The van der Waals surface area contributed by atoms with E-state index in [2.05, 4.69) is 30.2 Å². The molecule has 0 saturated carbocycles. The third-order valence-electron chi connectivity index (χ3n) is 7.01. The molecule has 0 fully saturated rings. The fourth-order valence-corrected chi connectivity index (χ4v) is 4.94. The minimum atomic E-state index is -0.544. The van der Waals surface area contributed by atoms with E-state index in [-0.39, 0.29) is 30.4 Å². The lowest BCUT2D eigenvalue weighted by Crippen LogP contribution is -2.41. The number of halogens is 1. The van der Waals surface area contributed by atoms with Crippen molar-refractivity contribution >= 4 is 33.9 Å². The molecule has 1 aliphatic rings. The summed E-state index contributed by atoms with van der Waals surface area (Å²) < 4.78 is 20.8. The Kier molecular flexibility index (Phi) is 9.28. The van der Waals surface area contributed by atoms with Gasteiger partial charge in [-0.2, -0.15) is 0 Å². The number of allylic oxidation sites excluding steroid dienone is 1. The Labute approximate surface area is 258 Å². The average molecular weight is 612 g/mol. The third kappa shape index (κ3) is 8.15. The van der Waals surface area contributed by atoms with Crippen molar-refractivity contribution in [1.82, 2.24) is 19.9 Å². The van der Waals surface area contributed by atoms with Crippen LogP contribution >= 0.6 is 0 Å². The van der Waals surface area contributed by atoms with Gasteiger partial charge in [-0.15, -0.1) is 0 Å². The number of benzene rings is 1. The summed E-state index contributed by atoms with van der Waals surface area (Å²) >= 11 is 0. The summed E-state index contributed by atoms with van der Waals surface area (Å²) in [6, 6.07) is 11.7. The Hall–Kier alpha value is -5.43. The lowest BCUT2D eigenvalue weighted by Gasteiger charge is -2.28. The standard InChI is InChI=1S/C32H32FN8O4/c1-21-13-22(32(38-21)40(43)44)18-41(2,3)12-6-8-26(42)14-25-15-27-29(17-35-25)36-20-37-31(27)39-23-9-10-30(28(33)16-23)45-19-24-7-4-5-11-34-24/h4-11,15-17,20H,12-14,18-19H2,1-3H3,(H,36,37,39)/q+1/b8-6+. The van der Waals surface area contributed by atoms with E-state index < -0.39 is 10.7 Å². The number of fused-ring (bicyclic) bond motifs is 1. The van der Waals surface area contributed by atoms with Crippen LogP contribution in [0.25, 0.3) is 10.9 Å². The normalized spacial score (nSPS) is 13.4. The van der Waals surface area contributed by atoms with Crippen molar-refractivity contribution in [3.05, 3.63) is 112 Å². The molecule has 5 rings (SSSR count). The van der Waals surface area contributed by atoms with Crippen molar-refractivity contribution in [2.24, 2.45) is 4.99 Å². The monoisotopic (exact) mass is 611 g/mol. The Balaban J connectivity index is 1.22. The maximum Gasteiger partial charge on any atom is 0.368 e. The van der Waals surface area contributed by atoms with Crippen molar-refractivity contribution in [2.45, 2.75) is 26.4 Å². The number of rotatable bonds is 13. The molecular formula is C32H32FN8O4+. The van der Waals surface area contributed by atoms with Gasteiger partial charge in [-0.3, -0.25) is 14.8 Å². The first-order chi connectivity index (χ1) is 21.6. The molecule has 0 spiro atoms. The summed E-state index contributed by atoms with van der Waals surface area (Å²) in [5.74, 6) is -0.243. The van der Waals surface area contributed by atoms with Crippen LogP contribution in [0.3, 0.4) is 0 Å². The number of pyridine rings is 2. The Morgan fingerprint density at radius 2 is 1.98 bits per heavy atom. The first-order valence-corrected chi connectivity index (χ1v) is 14.2. The second kappa shape index (κ2) is 13.5. The van der Waals surface area contributed by atoms with E-state index in [4.69, 9.17) is 4.74 Å². The number of aliphatic imine (C=N–C) groups is 1. The van der Waals surface area contributed by atoms with Crippen molar-refractivity contribution in [1.29, 1.82) is 0 Å². The molecule has 1 aliphatic heterocycles. The smallest absolute Gasteiger partial charge is 0.368 e. The largest absolute Gasteiger partial charge is 0.484 e. The molecule has 0 aliphatic carbocycles. The van der Waals surface area contributed by atoms with E-state index in [1.165, 1.54) is 24.5 Å². The van der Waals surface area contributed by atoms with Crippen LogP contribution in [-0.4, -0.2) is 68.0 Å². The van der Waals surface area contributed by atoms with Crippen LogP contribution < -0.4 is 10.1 Å². The highest BCUT2D eigenvalue weighted by Crippen LogP contribution is 2.27. The highest BCUT2D eigenvalue weighted by Gasteiger charge is 2.31. The highest BCUT2D eigenvalue weighted by atomic mass is 19.1. The van der Waals surface area contributed by atoms with Gasteiger partial charge in [-0.25, -0.2) is 14.4 Å². The van der Waals surface area contributed by atoms with Crippen LogP contribution in [0.1, 0.15) is 24.7 Å². The van der Waals surface area contributed by atoms with Gasteiger partial charge in [0.05, 0.1) is 50.0 Å². The zero-order valence-electron chi connectivity index (χ0n) is 25.1. The highest BCUT2D eigenvalue weighted by molar-refractivity contribution is 5.94. The summed E-state index contributed by atoms with van der Waals surface area (Å²) in [7, 11) is 3.89. The minimum absolute atomic E-state index is 0.0504. The predicted octanol–water partition coefficient (Wildman–Crippen LogP) is 4.98. The predicted molar refractivity (Wildman–Crippen MR) is 167 cm³/mol. The zero-order chi connectivity index (χ0) is 32.0. The number of carbonyl (C=O) groups excluding carboxylic acids is 1. The van der Waals surface area contributed by atoms with Gasteiger partial charge in [-0.05, 0) is 59.3 Å². The molecule has 0 atom stereocenters. The quantitative estimate of drug-likeness (QED) is 0.0957. The van der Waals surface area contributed by atoms with Crippen LogP contribution in [-0.2, 0) is 17.8 Å². The number of nitrogens with zero attached hydrogens (tertiary/aromatic N) is 7. The fourth-order valence-electron chi connectivity index (χ4n) is 4.94. The molecule has 1 N–H and O–H groups in total. The van der Waals surface area contributed by atoms with Gasteiger partial charge < -0.3 is 24.7 Å². The summed E-state index contributed by atoms with van der Waals surface area (Å²) in [6.07, 6.45) is 8.40. The second-order valence-corrected chi connectivity index (χ2v) is 11.3. The van der Waals surface area contributed by atoms with Crippen LogP contribution in [0.15, 0.2) is 89.7 Å². The van der Waals surface area contributed by atoms with Crippen LogP contribution in [0, 0.1) is 15.9 Å².